The number of fused-ring (bicyclic) bond motifs is 1. The maximum absolute atomic E-state index is 12.2. The number of ether oxygens (including phenoxy) is 1. The van der Waals surface area contributed by atoms with Crippen LogP contribution in [0.2, 0.25) is 0 Å². The van der Waals surface area contributed by atoms with Gasteiger partial charge in [-0.1, -0.05) is 0 Å². The Balaban J connectivity index is 0.00000364. The van der Waals surface area contributed by atoms with Gasteiger partial charge in [-0.3, -0.25) is 4.99 Å². The van der Waals surface area contributed by atoms with E-state index in [-0.39, 0.29) is 36.1 Å². The lowest BCUT2D eigenvalue weighted by Crippen LogP contribution is -2.59. The zero-order valence-corrected chi connectivity index (χ0v) is 20.1. The van der Waals surface area contributed by atoms with E-state index in [1.54, 1.807) is 4.90 Å². The van der Waals surface area contributed by atoms with Gasteiger partial charge in [0.05, 0.1) is 18.8 Å². The number of hydrogen-bond acceptors (Lipinski definition) is 7. The van der Waals surface area contributed by atoms with Crippen LogP contribution >= 0.6 is 24.0 Å². The molecule has 0 spiro atoms. The zero-order valence-electron chi connectivity index (χ0n) is 16.9. The van der Waals surface area contributed by atoms with Gasteiger partial charge in [0.1, 0.15) is 5.60 Å². The number of amides is 1. The standard InChI is InChI=1S/C16H31N5O4S.HI/c1-15(2,3)25-14(22)20-7-8-21-12(10-20)9-17-13(21)18-11-16(4,5)19-26(6,23)24;/h12,19H,7-11H2,1-6H3,(H,17,18);1H. The largest absolute Gasteiger partial charge is 0.444 e. The molecule has 0 bridgehead atoms. The number of carbonyl (C=O) groups excluding carboxylic acids is 1. The van der Waals surface area contributed by atoms with Crippen LogP contribution in [0.1, 0.15) is 34.6 Å². The fourth-order valence-electron chi connectivity index (χ4n) is 3.06. The number of hydrogen-bond donors (Lipinski definition) is 2. The third-order valence-electron chi connectivity index (χ3n) is 4.01. The Hall–Kier alpha value is -0.820. The number of carbonyl (C=O) groups is 1. The number of halogens is 1. The van der Waals surface area contributed by atoms with Crippen LogP contribution in [0.3, 0.4) is 0 Å². The topological polar surface area (TPSA) is 103 Å². The molecule has 2 N–H and O–H groups in total. The summed E-state index contributed by atoms with van der Waals surface area (Å²) in [5.74, 6) is 0.752. The minimum Gasteiger partial charge on any atom is -0.444 e. The fraction of sp³-hybridized carbons (Fsp3) is 0.875. The maximum atomic E-state index is 12.2. The van der Waals surface area contributed by atoms with Crippen LogP contribution in [-0.2, 0) is 14.8 Å². The van der Waals surface area contributed by atoms with Crippen LogP contribution in [0.15, 0.2) is 4.99 Å². The minimum atomic E-state index is -3.28. The normalized spacial score (nSPS) is 20.5. The molecular formula is C16H32IN5O4S. The third kappa shape index (κ3) is 7.60. The van der Waals surface area contributed by atoms with Crippen molar-refractivity contribution >= 4 is 46.1 Å². The van der Waals surface area contributed by atoms with Crippen LogP contribution < -0.4 is 10.0 Å². The van der Waals surface area contributed by atoms with Gasteiger partial charge in [0.25, 0.3) is 0 Å². The average Bonchev–Trinajstić information content (AvgIpc) is 2.83. The molecule has 0 aromatic carbocycles. The van der Waals surface area contributed by atoms with Gasteiger partial charge in [0, 0.05) is 31.7 Å². The number of aliphatic imine (C=N–C) groups is 1. The van der Waals surface area contributed by atoms with E-state index in [9.17, 15) is 13.2 Å². The molecule has 1 amide bonds. The van der Waals surface area contributed by atoms with E-state index in [1.807, 2.05) is 34.6 Å². The first-order valence-corrected chi connectivity index (χ1v) is 10.7. The van der Waals surface area contributed by atoms with E-state index in [0.717, 1.165) is 12.2 Å². The van der Waals surface area contributed by atoms with Crippen molar-refractivity contribution < 1.29 is 17.9 Å². The van der Waals surface area contributed by atoms with Crippen molar-refractivity contribution in [3.63, 3.8) is 0 Å². The maximum Gasteiger partial charge on any atom is 0.410 e. The monoisotopic (exact) mass is 517 g/mol. The van der Waals surface area contributed by atoms with Crippen molar-refractivity contribution in [1.29, 1.82) is 0 Å². The van der Waals surface area contributed by atoms with Gasteiger partial charge >= 0.3 is 6.09 Å². The quantitative estimate of drug-likeness (QED) is 0.536. The number of piperazine rings is 1. The van der Waals surface area contributed by atoms with E-state index in [4.69, 9.17) is 4.74 Å². The molecular weight excluding hydrogens is 485 g/mol. The molecule has 2 heterocycles. The van der Waals surface area contributed by atoms with E-state index in [2.05, 4.69) is 19.9 Å². The molecule has 1 fully saturated rings. The van der Waals surface area contributed by atoms with Crippen LogP contribution in [0.4, 0.5) is 4.79 Å². The number of sulfonamides is 1. The molecule has 0 aromatic heterocycles. The van der Waals surface area contributed by atoms with E-state index < -0.39 is 21.2 Å². The highest BCUT2D eigenvalue weighted by molar-refractivity contribution is 14.0. The Morgan fingerprint density at radius 3 is 2.44 bits per heavy atom. The summed E-state index contributed by atoms with van der Waals surface area (Å²) in [4.78, 5) is 20.6. The molecule has 2 aliphatic heterocycles. The second-order valence-corrected chi connectivity index (χ2v) is 10.3. The molecule has 0 aromatic rings. The van der Waals surface area contributed by atoms with E-state index in [0.29, 0.717) is 32.7 Å². The summed E-state index contributed by atoms with van der Waals surface area (Å²) in [5, 5.41) is 3.24. The minimum absolute atomic E-state index is 0. The summed E-state index contributed by atoms with van der Waals surface area (Å²) in [6.45, 7) is 12.0. The third-order valence-corrected chi connectivity index (χ3v) is 4.93. The van der Waals surface area contributed by atoms with Crippen LogP contribution in [-0.4, -0.2) is 86.4 Å². The highest BCUT2D eigenvalue weighted by Crippen LogP contribution is 2.18. The molecule has 0 saturated carbocycles. The predicted octanol–water partition coefficient (Wildman–Crippen LogP) is 0.813. The molecule has 1 saturated heterocycles. The SMILES string of the molecule is CC(C)(CNC1=NCC2CN(C(=O)OC(C)(C)C)CCN12)NS(C)(=O)=O.I. The van der Waals surface area contributed by atoms with Crippen LogP contribution in [0, 0.1) is 0 Å². The number of nitrogens with zero attached hydrogens (tertiary/aromatic N) is 3. The number of nitrogens with one attached hydrogen (secondary N) is 2. The molecule has 2 rings (SSSR count). The first-order chi connectivity index (χ1) is 11.8. The van der Waals surface area contributed by atoms with Crippen LogP contribution in [0.5, 0.6) is 0 Å². The first kappa shape index (κ1) is 24.2. The summed E-state index contributed by atoms with van der Waals surface area (Å²) in [7, 11) is -3.28. The van der Waals surface area contributed by atoms with Crippen LogP contribution in [0.25, 0.3) is 0 Å². The van der Waals surface area contributed by atoms with Crippen molar-refractivity contribution in [3.05, 3.63) is 0 Å². The Morgan fingerprint density at radius 2 is 1.89 bits per heavy atom. The average molecular weight is 517 g/mol. The lowest BCUT2D eigenvalue weighted by molar-refractivity contribution is 0.0137. The van der Waals surface area contributed by atoms with Crippen molar-refractivity contribution in [3.8, 4) is 0 Å². The van der Waals surface area contributed by atoms with Gasteiger partial charge in [0.15, 0.2) is 5.96 Å². The van der Waals surface area contributed by atoms with E-state index in [1.165, 1.54) is 0 Å². The molecule has 0 radical (unpaired) electrons. The molecule has 0 aliphatic carbocycles. The van der Waals surface area contributed by atoms with Gasteiger partial charge in [-0.2, -0.15) is 0 Å². The lowest BCUT2D eigenvalue weighted by Gasteiger charge is -2.39. The van der Waals surface area contributed by atoms with Gasteiger partial charge in [-0.15, -0.1) is 24.0 Å². The Labute approximate surface area is 179 Å². The molecule has 9 nitrogen and oxygen atoms in total. The zero-order chi connectivity index (χ0) is 19.8. The van der Waals surface area contributed by atoms with E-state index >= 15 is 0 Å². The predicted molar refractivity (Wildman–Crippen MR) is 116 cm³/mol. The molecule has 1 atom stereocenters. The Kier molecular flexibility index (Phi) is 7.79. The summed E-state index contributed by atoms with van der Waals surface area (Å²) in [6.07, 6.45) is 0.852. The van der Waals surface area contributed by atoms with Crippen molar-refractivity contribution in [1.82, 2.24) is 19.8 Å². The number of guanidine groups is 1. The van der Waals surface area contributed by atoms with Gasteiger partial charge in [0.2, 0.25) is 10.0 Å². The first-order valence-electron chi connectivity index (χ1n) is 8.78. The summed E-state index contributed by atoms with van der Waals surface area (Å²) in [6, 6.07) is 0.116. The Morgan fingerprint density at radius 1 is 1.26 bits per heavy atom. The molecule has 158 valence electrons. The highest BCUT2D eigenvalue weighted by Gasteiger charge is 2.37. The molecule has 1 unspecified atom stereocenters. The molecule has 11 heteroatoms. The summed E-state index contributed by atoms with van der Waals surface area (Å²) < 4.78 is 30.9. The summed E-state index contributed by atoms with van der Waals surface area (Å²) in [5.41, 5.74) is -1.14. The van der Waals surface area contributed by atoms with Gasteiger partial charge in [-0.05, 0) is 34.6 Å². The van der Waals surface area contributed by atoms with Crippen molar-refractivity contribution in [2.45, 2.75) is 51.8 Å². The lowest BCUT2D eigenvalue weighted by atomic mass is 10.1. The molecule has 27 heavy (non-hydrogen) atoms. The van der Waals surface area contributed by atoms with Crippen molar-refractivity contribution in [2.24, 2.45) is 4.99 Å². The molecule has 2 aliphatic rings. The number of rotatable bonds is 4. The highest BCUT2D eigenvalue weighted by atomic mass is 127. The van der Waals surface area contributed by atoms with Crippen molar-refractivity contribution in [2.75, 3.05) is 39.0 Å². The smallest absolute Gasteiger partial charge is 0.410 e. The van der Waals surface area contributed by atoms with Gasteiger partial charge < -0.3 is 19.9 Å². The van der Waals surface area contributed by atoms with Gasteiger partial charge in [-0.25, -0.2) is 17.9 Å². The fourth-order valence-corrected chi connectivity index (χ4v) is 4.14. The summed E-state index contributed by atoms with van der Waals surface area (Å²) >= 11 is 0. The second kappa shape index (κ2) is 8.68. The second-order valence-electron chi connectivity index (χ2n) is 8.55. The Bertz CT molecular complexity index is 675.